The van der Waals surface area contributed by atoms with Gasteiger partial charge in [0.15, 0.2) is 34.3 Å². The molecule has 6 nitrogen and oxygen atoms in total. The van der Waals surface area contributed by atoms with Gasteiger partial charge in [0, 0.05) is 0 Å². The first kappa shape index (κ1) is 29.9. The van der Waals surface area contributed by atoms with Crippen molar-refractivity contribution in [2.75, 3.05) is 6.61 Å². The molecular weight excluding hydrogens is 547 g/mol. The van der Waals surface area contributed by atoms with Crippen LogP contribution in [0.3, 0.4) is 0 Å². The van der Waals surface area contributed by atoms with E-state index in [1.54, 1.807) is 48.5 Å². The third kappa shape index (κ3) is 6.01. The molecule has 0 aliphatic carbocycles. The fraction of sp³-hybridized carbons (Fsp3) is 0.259. The van der Waals surface area contributed by atoms with Crippen LogP contribution in [0.1, 0.15) is 42.2 Å². The lowest BCUT2D eigenvalue weighted by molar-refractivity contribution is -0.164. The Morgan fingerprint density at radius 2 is 1.15 bits per heavy atom. The van der Waals surface area contributed by atoms with E-state index in [-0.39, 0.29) is 0 Å². The van der Waals surface area contributed by atoms with Crippen LogP contribution in [-0.2, 0) is 28.6 Å². The van der Waals surface area contributed by atoms with Crippen LogP contribution < -0.4 is 0 Å². The van der Waals surface area contributed by atoms with E-state index in [0.29, 0.717) is 11.1 Å². The van der Waals surface area contributed by atoms with Gasteiger partial charge in [-0.3, -0.25) is 13.8 Å². The molecule has 208 valence electrons. The predicted molar refractivity (Wildman–Crippen MR) is 128 cm³/mol. The van der Waals surface area contributed by atoms with Crippen molar-refractivity contribution in [1.29, 1.82) is 0 Å². The van der Waals surface area contributed by atoms with Gasteiger partial charge < -0.3 is 4.74 Å². The van der Waals surface area contributed by atoms with Crippen molar-refractivity contribution in [3.8, 4) is 0 Å². The van der Waals surface area contributed by atoms with E-state index in [1.165, 1.54) is 0 Å². The summed E-state index contributed by atoms with van der Waals surface area (Å²) in [7, 11) is -5.68. The van der Waals surface area contributed by atoms with Crippen LogP contribution in [-0.4, -0.2) is 26.8 Å². The molecule has 3 aromatic carbocycles. The van der Waals surface area contributed by atoms with Crippen LogP contribution in [0.15, 0.2) is 53.4 Å². The van der Waals surface area contributed by atoms with Crippen LogP contribution in [0, 0.1) is 48.3 Å². The molecule has 12 heteroatoms. The van der Waals surface area contributed by atoms with E-state index in [1.807, 2.05) is 13.8 Å². The normalized spacial score (nSPS) is 13.3. The number of hydrogen-bond donors (Lipinski definition) is 0. The molecular formula is C27H23F5O6S. The number of ether oxygens (including phenoxy) is 1. The topological polar surface area (TPSA) is 86.7 Å². The zero-order chi connectivity index (χ0) is 29.3. The Balaban J connectivity index is 1.96. The monoisotopic (exact) mass is 570 g/mol. The number of aryl methyl sites for hydroxylation is 2. The maximum absolute atomic E-state index is 14.1. The molecule has 0 spiro atoms. The predicted octanol–water partition coefficient (Wildman–Crippen LogP) is 5.63. The molecule has 0 bridgehead atoms. The summed E-state index contributed by atoms with van der Waals surface area (Å²) in [5, 5.41) is 0. The van der Waals surface area contributed by atoms with Crippen LogP contribution in [0.5, 0.6) is 0 Å². The quantitative estimate of drug-likeness (QED) is 0.0828. The van der Waals surface area contributed by atoms with Crippen molar-refractivity contribution in [1.82, 2.24) is 0 Å². The summed E-state index contributed by atoms with van der Waals surface area (Å²) in [6.07, 6.45) is -1.05. The van der Waals surface area contributed by atoms with Crippen molar-refractivity contribution in [2.45, 2.75) is 38.7 Å². The highest BCUT2D eigenvalue weighted by Gasteiger charge is 2.44. The van der Waals surface area contributed by atoms with Crippen molar-refractivity contribution >= 4 is 21.9 Å². The van der Waals surface area contributed by atoms with Crippen LogP contribution in [0.4, 0.5) is 22.0 Å². The summed E-state index contributed by atoms with van der Waals surface area (Å²) in [5.41, 5.74) is 0.489. The smallest absolute Gasteiger partial charge is 0.322 e. The summed E-state index contributed by atoms with van der Waals surface area (Å²) in [6, 6.07) is 13.8. The highest BCUT2D eigenvalue weighted by molar-refractivity contribution is 7.86. The largest absolute Gasteiger partial charge is 0.452 e. The maximum atomic E-state index is 14.1. The molecule has 0 heterocycles. The van der Waals surface area contributed by atoms with E-state index in [4.69, 9.17) is 4.74 Å². The van der Waals surface area contributed by atoms with E-state index in [2.05, 4.69) is 4.18 Å². The van der Waals surface area contributed by atoms with Crippen LogP contribution in [0.25, 0.3) is 0 Å². The number of benzene rings is 3. The van der Waals surface area contributed by atoms with Crippen LogP contribution in [0.2, 0.25) is 0 Å². The SMILES string of the molecule is CC(=O)C(C)(COS(=O)(=O)c1c(F)c(F)c(F)c(F)c1F)C(=O)OC(c1ccc(C)cc1)c1ccc(C)cc1. The third-order valence-electron chi connectivity index (χ3n) is 6.13. The Bertz CT molecular complexity index is 1450. The Morgan fingerprint density at radius 3 is 1.54 bits per heavy atom. The molecule has 1 atom stereocenters. The standard InChI is InChI=1S/C27H23F5O6S/c1-14-5-9-17(10-6-14)24(18-11-7-15(2)8-12-18)38-26(34)27(4,16(3)33)13-37-39(35,36)25-22(31)20(29)19(28)21(30)23(25)32/h5-12,24H,13H2,1-4H3. The summed E-state index contributed by atoms with van der Waals surface area (Å²) < 4.78 is 104. The lowest BCUT2D eigenvalue weighted by Gasteiger charge is -2.28. The molecule has 0 aromatic heterocycles. The Kier molecular flexibility index (Phi) is 8.61. The molecule has 1 unspecified atom stereocenters. The third-order valence-corrected chi connectivity index (χ3v) is 7.42. The minimum Gasteiger partial charge on any atom is -0.452 e. The lowest BCUT2D eigenvalue weighted by Crippen LogP contribution is -2.42. The maximum Gasteiger partial charge on any atom is 0.322 e. The number of ketones is 1. The molecule has 3 aromatic rings. The van der Waals surface area contributed by atoms with E-state index >= 15 is 0 Å². The van der Waals surface area contributed by atoms with Gasteiger partial charge in [0.25, 0.3) is 0 Å². The van der Waals surface area contributed by atoms with Gasteiger partial charge in [0.1, 0.15) is 11.2 Å². The Morgan fingerprint density at radius 1 is 0.769 bits per heavy atom. The first-order chi connectivity index (χ1) is 18.1. The van der Waals surface area contributed by atoms with Gasteiger partial charge in [0.05, 0.1) is 6.61 Å². The molecule has 0 saturated heterocycles. The van der Waals surface area contributed by atoms with Gasteiger partial charge >= 0.3 is 16.1 Å². The molecule has 0 fully saturated rings. The Labute approximate surface area is 221 Å². The first-order valence-corrected chi connectivity index (χ1v) is 12.8. The molecule has 39 heavy (non-hydrogen) atoms. The number of carbonyl (C=O) groups is 2. The van der Waals surface area contributed by atoms with E-state index in [0.717, 1.165) is 25.0 Å². The van der Waals surface area contributed by atoms with Crippen molar-refractivity contribution < 1.29 is 48.9 Å². The second-order valence-corrected chi connectivity index (χ2v) is 10.7. The van der Waals surface area contributed by atoms with E-state index in [9.17, 15) is 40.0 Å². The second-order valence-electron chi connectivity index (χ2n) is 9.11. The summed E-state index contributed by atoms with van der Waals surface area (Å²) in [6.45, 7) is 4.21. The summed E-state index contributed by atoms with van der Waals surface area (Å²) >= 11 is 0. The number of carbonyl (C=O) groups excluding carboxylic acids is 2. The average molecular weight is 571 g/mol. The summed E-state index contributed by atoms with van der Waals surface area (Å²) in [5.74, 6) is -15.1. The van der Waals surface area contributed by atoms with Crippen molar-refractivity contribution in [3.63, 3.8) is 0 Å². The minimum absolute atomic E-state index is 0.513. The molecule has 0 radical (unpaired) electrons. The van der Waals surface area contributed by atoms with Gasteiger partial charge in [-0.15, -0.1) is 0 Å². The number of hydrogen-bond acceptors (Lipinski definition) is 6. The number of halogens is 5. The second kappa shape index (κ2) is 11.2. The number of esters is 1. The Hall–Kier alpha value is -3.64. The van der Waals surface area contributed by atoms with Crippen molar-refractivity contribution in [2.24, 2.45) is 5.41 Å². The first-order valence-electron chi connectivity index (χ1n) is 11.4. The fourth-order valence-corrected chi connectivity index (χ4v) is 4.54. The minimum atomic E-state index is -5.68. The lowest BCUT2D eigenvalue weighted by atomic mass is 9.87. The van der Waals surface area contributed by atoms with Crippen LogP contribution >= 0.6 is 0 Å². The molecule has 3 rings (SSSR count). The molecule has 0 aliphatic rings. The molecule has 0 amide bonds. The molecule has 0 saturated carbocycles. The van der Waals surface area contributed by atoms with Gasteiger partial charge in [-0.2, -0.15) is 8.42 Å². The number of Topliss-reactive ketones (excluding diaryl/α,β-unsaturated/α-hetero) is 1. The van der Waals surface area contributed by atoms with Gasteiger partial charge in [0.2, 0.25) is 5.82 Å². The van der Waals surface area contributed by atoms with Crippen molar-refractivity contribution in [3.05, 3.63) is 99.9 Å². The molecule has 0 N–H and O–H groups in total. The van der Waals surface area contributed by atoms with Gasteiger partial charge in [-0.1, -0.05) is 59.7 Å². The average Bonchev–Trinajstić information content (AvgIpc) is 2.89. The highest BCUT2D eigenvalue weighted by atomic mass is 32.2. The number of rotatable bonds is 9. The molecule has 0 aliphatic heterocycles. The fourth-order valence-electron chi connectivity index (χ4n) is 3.41. The highest BCUT2D eigenvalue weighted by Crippen LogP contribution is 2.33. The van der Waals surface area contributed by atoms with Gasteiger partial charge in [-0.05, 0) is 38.8 Å². The summed E-state index contributed by atoms with van der Waals surface area (Å²) in [4.78, 5) is 23.5. The van der Waals surface area contributed by atoms with Gasteiger partial charge in [-0.25, -0.2) is 22.0 Å². The zero-order valence-electron chi connectivity index (χ0n) is 21.2. The van der Waals surface area contributed by atoms with E-state index < -0.39 is 74.0 Å². The zero-order valence-corrected chi connectivity index (χ0v) is 22.0.